The molecular formula is C13H20N4O2S. The average Bonchev–Trinajstić information content (AvgIpc) is 3.05. The van der Waals surface area contributed by atoms with Gasteiger partial charge in [0.05, 0.1) is 25.0 Å². The molecule has 0 aliphatic carbocycles. The first-order valence-electron chi connectivity index (χ1n) is 6.95. The highest BCUT2D eigenvalue weighted by molar-refractivity contribution is 7.15. The molecule has 3 N–H and O–H groups in total. The maximum absolute atomic E-state index is 8.79. The van der Waals surface area contributed by atoms with Crippen molar-refractivity contribution in [3.63, 3.8) is 0 Å². The van der Waals surface area contributed by atoms with Crippen molar-refractivity contribution in [2.24, 2.45) is 5.73 Å². The molecule has 2 aromatic rings. The summed E-state index contributed by atoms with van der Waals surface area (Å²) in [7, 11) is 0. The van der Waals surface area contributed by atoms with Gasteiger partial charge < -0.3 is 20.5 Å². The number of fused-ring (bicyclic) bond motifs is 1. The molecule has 110 valence electrons. The van der Waals surface area contributed by atoms with Crippen molar-refractivity contribution in [2.75, 3.05) is 31.2 Å². The summed E-state index contributed by atoms with van der Waals surface area (Å²) in [5.74, 6) is 1.01. The summed E-state index contributed by atoms with van der Waals surface area (Å²) < 4.78 is 7.67. The Morgan fingerprint density at radius 1 is 1.45 bits per heavy atom. The number of aromatic nitrogens is 2. The average molecular weight is 296 g/mol. The Kier molecular flexibility index (Phi) is 4.21. The number of hydrogen-bond donors (Lipinski definition) is 2. The van der Waals surface area contributed by atoms with E-state index in [2.05, 4.69) is 9.30 Å². The van der Waals surface area contributed by atoms with Crippen molar-refractivity contribution >= 4 is 22.1 Å². The van der Waals surface area contributed by atoms with Crippen LogP contribution >= 0.6 is 11.3 Å². The number of piperidine rings is 1. The zero-order chi connectivity index (χ0) is 13.9. The van der Waals surface area contributed by atoms with E-state index >= 15 is 0 Å². The van der Waals surface area contributed by atoms with Crippen LogP contribution in [0.1, 0.15) is 18.5 Å². The van der Waals surface area contributed by atoms with Gasteiger partial charge in [0.15, 0.2) is 10.8 Å². The van der Waals surface area contributed by atoms with Crippen molar-refractivity contribution in [3.8, 4) is 0 Å². The van der Waals surface area contributed by atoms with Crippen molar-refractivity contribution in [1.82, 2.24) is 9.38 Å². The van der Waals surface area contributed by atoms with Crippen LogP contribution in [0, 0.1) is 0 Å². The van der Waals surface area contributed by atoms with Crippen LogP contribution in [0.25, 0.3) is 4.96 Å². The maximum Gasteiger partial charge on any atom is 0.195 e. The third-order valence-electron chi connectivity index (χ3n) is 3.72. The highest BCUT2D eigenvalue weighted by Gasteiger charge is 2.24. The molecule has 3 rings (SSSR count). The summed E-state index contributed by atoms with van der Waals surface area (Å²) >= 11 is 1.63. The van der Waals surface area contributed by atoms with Gasteiger partial charge in [-0.05, 0) is 12.8 Å². The molecule has 1 saturated heterocycles. The molecular weight excluding hydrogens is 276 g/mol. The van der Waals surface area contributed by atoms with Crippen LogP contribution < -0.4 is 10.6 Å². The van der Waals surface area contributed by atoms with Crippen LogP contribution in [0.2, 0.25) is 0 Å². The minimum Gasteiger partial charge on any atom is -0.394 e. The van der Waals surface area contributed by atoms with E-state index in [9.17, 15) is 0 Å². The van der Waals surface area contributed by atoms with E-state index < -0.39 is 0 Å². The predicted octanol–water partition coefficient (Wildman–Crippen LogP) is 0.832. The largest absolute Gasteiger partial charge is 0.394 e. The molecule has 7 heteroatoms. The van der Waals surface area contributed by atoms with E-state index in [0.717, 1.165) is 42.4 Å². The second-order valence-electron chi connectivity index (χ2n) is 4.92. The van der Waals surface area contributed by atoms with Gasteiger partial charge in [0.25, 0.3) is 0 Å². The zero-order valence-corrected chi connectivity index (χ0v) is 12.2. The summed E-state index contributed by atoms with van der Waals surface area (Å²) in [5.41, 5.74) is 6.96. The SMILES string of the molecule is NCc1c(N2CCC(OCCO)CC2)nc2sccn12. The van der Waals surface area contributed by atoms with Gasteiger partial charge in [0, 0.05) is 31.2 Å². The van der Waals surface area contributed by atoms with Gasteiger partial charge in [0.1, 0.15) is 0 Å². The Morgan fingerprint density at radius 3 is 2.95 bits per heavy atom. The van der Waals surface area contributed by atoms with E-state index in [1.54, 1.807) is 11.3 Å². The monoisotopic (exact) mass is 296 g/mol. The highest BCUT2D eigenvalue weighted by atomic mass is 32.1. The normalized spacial score (nSPS) is 17.2. The first kappa shape index (κ1) is 13.8. The minimum absolute atomic E-state index is 0.0921. The molecule has 0 saturated carbocycles. The number of nitrogens with two attached hydrogens (primary N) is 1. The minimum atomic E-state index is 0.0921. The fourth-order valence-electron chi connectivity index (χ4n) is 2.72. The van der Waals surface area contributed by atoms with Crippen LogP contribution in [0.5, 0.6) is 0 Å². The fraction of sp³-hybridized carbons (Fsp3) is 0.615. The maximum atomic E-state index is 8.79. The lowest BCUT2D eigenvalue weighted by Gasteiger charge is -2.32. The lowest BCUT2D eigenvalue weighted by Crippen LogP contribution is -2.38. The lowest BCUT2D eigenvalue weighted by atomic mass is 10.1. The van der Waals surface area contributed by atoms with Crippen molar-refractivity contribution in [2.45, 2.75) is 25.5 Å². The number of ether oxygens (including phenoxy) is 1. The Bertz CT molecular complexity index is 560. The molecule has 6 nitrogen and oxygen atoms in total. The molecule has 1 aliphatic heterocycles. The number of aliphatic hydroxyl groups excluding tert-OH is 1. The molecule has 2 aromatic heterocycles. The first-order chi connectivity index (χ1) is 9.83. The van der Waals surface area contributed by atoms with Crippen molar-refractivity contribution < 1.29 is 9.84 Å². The summed E-state index contributed by atoms with van der Waals surface area (Å²) in [6, 6.07) is 0. The molecule has 0 amide bonds. The lowest BCUT2D eigenvalue weighted by molar-refractivity contribution is 0.0158. The fourth-order valence-corrected chi connectivity index (χ4v) is 3.45. The summed E-state index contributed by atoms with van der Waals surface area (Å²) in [6.07, 6.45) is 4.21. The second kappa shape index (κ2) is 6.09. The Labute approximate surface area is 121 Å². The number of nitrogens with zero attached hydrogens (tertiary/aromatic N) is 3. The molecule has 3 heterocycles. The van der Waals surface area contributed by atoms with Crippen molar-refractivity contribution in [1.29, 1.82) is 0 Å². The molecule has 1 fully saturated rings. The highest BCUT2D eigenvalue weighted by Crippen LogP contribution is 2.27. The van der Waals surface area contributed by atoms with Gasteiger partial charge >= 0.3 is 0 Å². The standard InChI is InChI=1S/C13H20N4O2S/c14-9-11-12(15-13-17(11)5-8-20-13)16-3-1-10(2-4-16)19-7-6-18/h5,8,10,18H,1-4,6-7,9,14H2. The zero-order valence-electron chi connectivity index (χ0n) is 11.4. The van der Waals surface area contributed by atoms with Gasteiger partial charge in [-0.3, -0.25) is 4.40 Å². The van der Waals surface area contributed by atoms with Crippen LogP contribution in [-0.4, -0.2) is 46.9 Å². The van der Waals surface area contributed by atoms with E-state index in [1.165, 1.54) is 0 Å². The number of imidazole rings is 1. The number of aliphatic hydroxyl groups is 1. The molecule has 20 heavy (non-hydrogen) atoms. The van der Waals surface area contributed by atoms with Crippen molar-refractivity contribution in [3.05, 3.63) is 17.3 Å². The van der Waals surface area contributed by atoms with E-state index in [1.807, 2.05) is 11.6 Å². The number of anilines is 1. The molecule has 0 radical (unpaired) electrons. The first-order valence-corrected chi connectivity index (χ1v) is 7.83. The Morgan fingerprint density at radius 2 is 2.25 bits per heavy atom. The topological polar surface area (TPSA) is 76.0 Å². The van der Waals surface area contributed by atoms with Crippen LogP contribution in [0.3, 0.4) is 0 Å². The van der Waals surface area contributed by atoms with E-state index in [0.29, 0.717) is 13.2 Å². The number of rotatable bonds is 5. The van der Waals surface area contributed by atoms with Crippen LogP contribution in [-0.2, 0) is 11.3 Å². The molecule has 0 unspecified atom stereocenters. The molecule has 0 bridgehead atoms. The molecule has 0 spiro atoms. The molecule has 0 atom stereocenters. The van der Waals surface area contributed by atoms with Gasteiger partial charge in [-0.2, -0.15) is 0 Å². The smallest absolute Gasteiger partial charge is 0.195 e. The summed E-state index contributed by atoms with van der Waals surface area (Å²) in [4.78, 5) is 7.99. The van der Waals surface area contributed by atoms with Gasteiger partial charge in [-0.15, -0.1) is 11.3 Å². The number of thiazole rings is 1. The second-order valence-corrected chi connectivity index (χ2v) is 5.80. The van der Waals surface area contributed by atoms with E-state index in [-0.39, 0.29) is 12.7 Å². The quantitative estimate of drug-likeness (QED) is 0.855. The number of hydrogen-bond acceptors (Lipinski definition) is 6. The molecule has 1 aliphatic rings. The van der Waals surface area contributed by atoms with E-state index in [4.69, 9.17) is 20.6 Å². The predicted molar refractivity (Wildman–Crippen MR) is 79.2 cm³/mol. The molecule has 0 aromatic carbocycles. The van der Waals surface area contributed by atoms with Gasteiger partial charge in [0.2, 0.25) is 0 Å². The Hall–Kier alpha value is -1.15. The van der Waals surface area contributed by atoms with Gasteiger partial charge in [-0.25, -0.2) is 4.98 Å². The summed E-state index contributed by atoms with van der Waals surface area (Å²) in [5, 5.41) is 10.8. The van der Waals surface area contributed by atoms with Crippen LogP contribution in [0.4, 0.5) is 5.82 Å². The Balaban J connectivity index is 1.71. The third-order valence-corrected chi connectivity index (χ3v) is 4.48. The third kappa shape index (κ3) is 2.54. The van der Waals surface area contributed by atoms with Gasteiger partial charge in [-0.1, -0.05) is 0 Å². The summed E-state index contributed by atoms with van der Waals surface area (Å²) in [6.45, 7) is 2.86. The van der Waals surface area contributed by atoms with Crippen LogP contribution in [0.15, 0.2) is 11.6 Å².